The molecule has 0 spiro atoms. The fourth-order valence-corrected chi connectivity index (χ4v) is 3.19. The molecule has 1 rings (SSSR count). The van der Waals surface area contributed by atoms with Crippen LogP contribution in [0.2, 0.25) is 0 Å². The molecule has 0 fully saturated rings. The van der Waals surface area contributed by atoms with Gasteiger partial charge in [0, 0.05) is 0 Å². The summed E-state index contributed by atoms with van der Waals surface area (Å²) in [5.41, 5.74) is 5.48. The number of hydrogen-bond acceptors (Lipinski definition) is 3. The van der Waals surface area contributed by atoms with Gasteiger partial charge in [-0.05, 0) is 24.1 Å². The molecule has 1 aromatic carbocycles. The fourth-order valence-electron chi connectivity index (χ4n) is 1.39. The third kappa shape index (κ3) is 3.72. The van der Waals surface area contributed by atoms with Gasteiger partial charge in [-0.3, -0.25) is 0 Å². The summed E-state index contributed by atoms with van der Waals surface area (Å²) in [5, 5.41) is 0. The Hall–Kier alpha value is -1.05. The number of halogens is 1. The van der Waals surface area contributed by atoms with Crippen molar-refractivity contribution < 1.29 is 12.8 Å². The summed E-state index contributed by atoms with van der Waals surface area (Å²) >= 11 is 4.81. The number of nitrogens with one attached hydrogen (secondary N) is 1. The molecule has 0 saturated heterocycles. The number of nitrogens with two attached hydrogens (primary N) is 1. The lowest BCUT2D eigenvalue weighted by atomic mass is 10.1. The van der Waals surface area contributed by atoms with E-state index in [1.807, 2.05) is 0 Å². The smallest absolute Gasteiger partial charge is 0.241 e. The Bertz CT molecular complexity index is 544. The molecule has 0 aliphatic heterocycles. The normalized spacial score (nSPS) is 13.6. The highest BCUT2D eigenvalue weighted by molar-refractivity contribution is 7.89. The van der Waals surface area contributed by atoms with E-state index < -0.39 is 21.9 Å². The van der Waals surface area contributed by atoms with Crippen molar-refractivity contribution in [2.24, 2.45) is 11.7 Å². The minimum absolute atomic E-state index is 0.0602. The molecule has 0 aliphatic carbocycles. The summed E-state index contributed by atoms with van der Waals surface area (Å²) in [6, 6.07) is 4.09. The van der Waals surface area contributed by atoms with Crippen molar-refractivity contribution >= 4 is 27.2 Å². The minimum atomic E-state index is -3.83. The molecular formula is C11H15FN2O2S2. The van der Waals surface area contributed by atoms with E-state index in [0.29, 0.717) is 0 Å². The highest BCUT2D eigenvalue weighted by Crippen LogP contribution is 2.13. The molecule has 0 amide bonds. The maximum atomic E-state index is 13.0. The van der Waals surface area contributed by atoms with Gasteiger partial charge in [0.2, 0.25) is 10.0 Å². The lowest BCUT2D eigenvalue weighted by Crippen LogP contribution is -2.46. The van der Waals surface area contributed by atoms with Gasteiger partial charge in [0.1, 0.15) is 5.82 Å². The third-order valence-corrected chi connectivity index (χ3v) is 4.05. The molecule has 7 heteroatoms. The van der Waals surface area contributed by atoms with Gasteiger partial charge in [-0.15, -0.1) is 0 Å². The molecular weight excluding hydrogens is 275 g/mol. The Balaban J connectivity index is 3.05. The van der Waals surface area contributed by atoms with Crippen LogP contribution in [0.3, 0.4) is 0 Å². The van der Waals surface area contributed by atoms with Crippen LogP contribution in [0.1, 0.15) is 13.8 Å². The Labute approximate surface area is 111 Å². The molecule has 1 unspecified atom stereocenters. The quantitative estimate of drug-likeness (QED) is 0.804. The molecule has 0 saturated carbocycles. The first-order valence-corrected chi connectivity index (χ1v) is 7.20. The van der Waals surface area contributed by atoms with Crippen molar-refractivity contribution in [1.82, 2.24) is 4.72 Å². The summed E-state index contributed by atoms with van der Waals surface area (Å²) < 4.78 is 39.4. The van der Waals surface area contributed by atoms with Gasteiger partial charge in [-0.2, -0.15) is 0 Å². The zero-order chi connectivity index (χ0) is 13.9. The van der Waals surface area contributed by atoms with Crippen LogP contribution in [-0.2, 0) is 10.0 Å². The maximum absolute atomic E-state index is 13.0. The molecule has 3 N–H and O–H groups in total. The molecule has 1 atom stereocenters. The zero-order valence-electron chi connectivity index (χ0n) is 10.1. The maximum Gasteiger partial charge on any atom is 0.241 e. The van der Waals surface area contributed by atoms with E-state index in [-0.39, 0.29) is 15.8 Å². The zero-order valence-corrected chi connectivity index (χ0v) is 11.7. The fraction of sp³-hybridized carbons (Fsp3) is 0.364. The van der Waals surface area contributed by atoms with Crippen LogP contribution in [-0.4, -0.2) is 19.4 Å². The Morgan fingerprint density at radius 1 is 1.44 bits per heavy atom. The predicted octanol–water partition coefficient (Wildman–Crippen LogP) is 1.41. The van der Waals surface area contributed by atoms with Crippen molar-refractivity contribution in [3.05, 3.63) is 30.1 Å². The molecule has 0 aromatic heterocycles. The van der Waals surface area contributed by atoms with Gasteiger partial charge in [-0.25, -0.2) is 17.5 Å². The molecule has 0 bridgehead atoms. The van der Waals surface area contributed by atoms with Crippen molar-refractivity contribution in [3.8, 4) is 0 Å². The van der Waals surface area contributed by atoms with Crippen molar-refractivity contribution in [2.45, 2.75) is 24.8 Å². The second-order valence-corrected chi connectivity index (χ2v) is 6.39. The Kier molecular flexibility index (Phi) is 4.78. The average molecular weight is 290 g/mol. The number of thiocarbonyl (C=S) groups is 1. The molecule has 4 nitrogen and oxygen atoms in total. The lowest BCUT2D eigenvalue weighted by molar-refractivity contribution is 0.525. The second kappa shape index (κ2) is 5.73. The van der Waals surface area contributed by atoms with E-state index in [2.05, 4.69) is 4.72 Å². The topological polar surface area (TPSA) is 72.2 Å². The van der Waals surface area contributed by atoms with E-state index in [0.717, 1.165) is 6.07 Å². The van der Waals surface area contributed by atoms with Crippen molar-refractivity contribution in [3.63, 3.8) is 0 Å². The van der Waals surface area contributed by atoms with Gasteiger partial charge < -0.3 is 5.73 Å². The van der Waals surface area contributed by atoms with E-state index in [9.17, 15) is 12.8 Å². The largest absolute Gasteiger partial charge is 0.392 e. The monoisotopic (exact) mass is 290 g/mol. The molecule has 18 heavy (non-hydrogen) atoms. The number of benzene rings is 1. The van der Waals surface area contributed by atoms with Crippen LogP contribution in [0.5, 0.6) is 0 Å². The van der Waals surface area contributed by atoms with Crippen LogP contribution in [0, 0.1) is 11.7 Å². The van der Waals surface area contributed by atoms with Crippen LogP contribution in [0.4, 0.5) is 4.39 Å². The second-order valence-electron chi connectivity index (χ2n) is 4.20. The SMILES string of the molecule is CC(C)C(NS(=O)(=O)c1cccc(F)c1)C(N)=S. The summed E-state index contributed by atoms with van der Waals surface area (Å²) in [7, 11) is -3.83. The van der Waals surface area contributed by atoms with Crippen LogP contribution in [0.15, 0.2) is 29.2 Å². The summed E-state index contributed by atoms with van der Waals surface area (Å²) in [6.45, 7) is 3.58. The Morgan fingerprint density at radius 3 is 2.50 bits per heavy atom. The van der Waals surface area contributed by atoms with E-state index in [1.54, 1.807) is 13.8 Å². The van der Waals surface area contributed by atoms with Gasteiger partial charge >= 0.3 is 0 Å². The van der Waals surface area contributed by atoms with Crippen LogP contribution in [0.25, 0.3) is 0 Å². The highest BCUT2D eigenvalue weighted by atomic mass is 32.2. The van der Waals surface area contributed by atoms with Crippen LogP contribution >= 0.6 is 12.2 Å². The first kappa shape index (κ1) is 15.0. The number of sulfonamides is 1. The minimum Gasteiger partial charge on any atom is -0.392 e. The first-order chi connectivity index (χ1) is 8.24. The van der Waals surface area contributed by atoms with Gasteiger partial charge in [0.05, 0.1) is 15.9 Å². The summed E-state index contributed by atoms with van der Waals surface area (Å²) in [4.78, 5) is -0.0885. The highest BCUT2D eigenvalue weighted by Gasteiger charge is 2.24. The summed E-state index contributed by atoms with van der Waals surface area (Å²) in [5.74, 6) is -0.708. The summed E-state index contributed by atoms with van der Waals surface area (Å²) in [6.07, 6.45) is 0. The van der Waals surface area contributed by atoms with E-state index in [1.165, 1.54) is 18.2 Å². The molecule has 0 aliphatic rings. The van der Waals surface area contributed by atoms with Gasteiger partial charge in [0.25, 0.3) is 0 Å². The van der Waals surface area contributed by atoms with Crippen LogP contribution < -0.4 is 10.5 Å². The number of hydrogen-bond donors (Lipinski definition) is 2. The molecule has 100 valence electrons. The Morgan fingerprint density at radius 2 is 2.06 bits per heavy atom. The third-order valence-electron chi connectivity index (χ3n) is 2.36. The average Bonchev–Trinajstić information content (AvgIpc) is 2.25. The van der Waals surface area contributed by atoms with Gasteiger partial charge in [0.15, 0.2) is 0 Å². The predicted molar refractivity (Wildman–Crippen MR) is 72.1 cm³/mol. The molecule has 0 radical (unpaired) electrons. The standard InChI is InChI=1S/C11H15FN2O2S2/c1-7(2)10(11(13)17)14-18(15,16)9-5-3-4-8(12)6-9/h3-7,10,14H,1-2H3,(H2,13,17). The van der Waals surface area contributed by atoms with Crippen molar-refractivity contribution in [1.29, 1.82) is 0 Å². The molecule has 1 aromatic rings. The van der Waals surface area contributed by atoms with Crippen molar-refractivity contribution in [2.75, 3.05) is 0 Å². The van der Waals surface area contributed by atoms with E-state index in [4.69, 9.17) is 18.0 Å². The number of rotatable bonds is 5. The first-order valence-electron chi connectivity index (χ1n) is 5.31. The van der Waals surface area contributed by atoms with Gasteiger partial charge in [-0.1, -0.05) is 32.1 Å². The van der Waals surface area contributed by atoms with E-state index >= 15 is 0 Å². The lowest BCUT2D eigenvalue weighted by Gasteiger charge is -2.20. The molecule has 0 heterocycles.